The molecule has 1 N–H and O–H groups in total. The zero-order valence-electron chi connectivity index (χ0n) is 15.9. The Bertz CT molecular complexity index is 952. The lowest BCUT2D eigenvalue weighted by atomic mass is 10.0. The van der Waals surface area contributed by atoms with Gasteiger partial charge in [-0.2, -0.15) is 0 Å². The number of nitrogens with one attached hydrogen (secondary N) is 1. The summed E-state index contributed by atoms with van der Waals surface area (Å²) in [4.78, 5) is 17.6. The lowest BCUT2D eigenvalue weighted by Crippen LogP contribution is -2.24. The van der Waals surface area contributed by atoms with Gasteiger partial charge in [-0.1, -0.05) is 67.6 Å². The van der Waals surface area contributed by atoms with Crippen LogP contribution >= 0.6 is 11.6 Å². The standard InChI is InChI=1S/C23H25ClN2O/c1-3-4-5-8-13-25-23(27)19-15-22(17-9-6-7-10-20(17)24)26-21-12-11-16(2)14-18(19)21/h6-7,9-12,14-15H,3-5,8,13H2,1-2H3,(H,25,27). The SMILES string of the molecule is CCCCCCNC(=O)c1cc(-c2ccccc2Cl)nc2ccc(C)cc12. The molecule has 3 aromatic rings. The van der Waals surface area contributed by atoms with Crippen molar-refractivity contribution in [3.8, 4) is 11.3 Å². The number of benzene rings is 2. The fourth-order valence-electron chi connectivity index (χ4n) is 3.18. The Hall–Kier alpha value is -2.39. The highest BCUT2D eigenvalue weighted by molar-refractivity contribution is 6.33. The van der Waals surface area contributed by atoms with Gasteiger partial charge in [0, 0.05) is 22.5 Å². The third kappa shape index (κ3) is 4.67. The Morgan fingerprint density at radius 2 is 1.89 bits per heavy atom. The zero-order chi connectivity index (χ0) is 19.2. The number of aromatic nitrogens is 1. The van der Waals surface area contributed by atoms with Gasteiger partial charge in [0.05, 0.1) is 16.8 Å². The van der Waals surface area contributed by atoms with Crippen molar-refractivity contribution in [3.05, 3.63) is 64.7 Å². The van der Waals surface area contributed by atoms with Gasteiger partial charge in [0.2, 0.25) is 0 Å². The van der Waals surface area contributed by atoms with E-state index in [1.54, 1.807) is 0 Å². The van der Waals surface area contributed by atoms with E-state index < -0.39 is 0 Å². The number of hydrogen-bond donors (Lipinski definition) is 1. The van der Waals surface area contributed by atoms with Crippen LogP contribution in [0.15, 0.2) is 48.5 Å². The lowest BCUT2D eigenvalue weighted by Gasteiger charge is -2.12. The Labute approximate surface area is 165 Å². The number of carbonyl (C=O) groups is 1. The summed E-state index contributed by atoms with van der Waals surface area (Å²) >= 11 is 6.36. The summed E-state index contributed by atoms with van der Waals surface area (Å²) in [7, 11) is 0. The smallest absolute Gasteiger partial charge is 0.252 e. The highest BCUT2D eigenvalue weighted by Crippen LogP contribution is 2.30. The quantitative estimate of drug-likeness (QED) is 0.497. The number of rotatable bonds is 7. The minimum atomic E-state index is -0.0576. The van der Waals surface area contributed by atoms with Crippen molar-refractivity contribution in [1.82, 2.24) is 10.3 Å². The maximum Gasteiger partial charge on any atom is 0.252 e. The highest BCUT2D eigenvalue weighted by atomic mass is 35.5. The van der Waals surface area contributed by atoms with E-state index in [0.717, 1.165) is 34.9 Å². The first-order valence-corrected chi connectivity index (χ1v) is 9.92. The van der Waals surface area contributed by atoms with Crippen LogP contribution in [0.2, 0.25) is 5.02 Å². The molecule has 0 fully saturated rings. The molecule has 0 radical (unpaired) electrons. The number of amides is 1. The summed E-state index contributed by atoms with van der Waals surface area (Å²) in [5.41, 5.74) is 4.10. The Morgan fingerprint density at radius 3 is 2.67 bits per heavy atom. The van der Waals surface area contributed by atoms with E-state index in [2.05, 4.69) is 12.2 Å². The second-order valence-electron chi connectivity index (χ2n) is 6.87. The summed E-state index contributed by atoms with van der Waals surface area (Å²) in [5, 5.41) is 4.56. The second-order valence-corrected chi connectivity index (χ2v) is 7.28. The van der Waals surface area contributed by atoms with Crippen molar-refractivity contribution < 1.29 is 4.79 Å². The molecule has 140 valence electrons. The molecule has 27 heavy (non-hydrogen) atoms. The molecule has 4 heteroatoms. The largest absolute Gasteiger partial charge is 0.352 e. The van der Waals surface area contributed by atoms with Crippen LogP contribution in [-0.4, -0.2) is 17.4 Å². The van der Waals surface area contributed by atoms with Crippen LogP contribution in [0.3, 0.4) is 0 Å². The predicted octanol–water partition coefficient (Wildman–Crippen LogP) is 6.17. The topological polar surface area (TPSA) is 42.0 Å². The van der Waals surface area contributed by atoms with Crippen molar-refractivity contribution in [2.24, 2.45) is 0 Å². The van der Waals surface area contributed by atoms with Gasteiger partial charge in [0.15, 0.2) is 0 Å². The normalized spacial score (nSPS) is 10.9. The van der Waals surface area contributed by atoms with E-state index in [-0.39, 0.29) is 5.91 Å². The van der Waals surface area contributed by atoms with Crippen LogP contribution in [0.1, 0.15) is 48.5 Å². The third-order valence-corrected chi connectivity index (χ3v) is 5.00. The Balaban J connectivity index is 1.97. The molecule has 3 rings (SSSR count). The van der Waals surface area contributed by atoms with Crippen LogP contribution in [0.4, 0.5) is 0 Å². The number of carbonyl (C=O) groups excluding carboxylic acids is 1. The number of pyridine rings is 1. The predicted molar refractivity (Wildman–Crippen MR) is 113 cm³/mol. The second kappa shape index (κ2) is 9.01. The summed E-state index contributed by atoms with van der Waals surface area (Å²) < 4.78 is 0. The molecule has 1 amide bonds. The zero-order valence-corrected chi connectivity index (χ0v) is 16.6. The first kappa shape index (κ1) is 19.4. The Morgan fingerprint density at radius 1 is 1.07 bits per heavy atom. The lowest BCUT2D eigenvalue weighted by molar-refractivity contribution is 0.0954. The number of unbranched alkanes of at least 4 members (excludes halogenated alkanes) is 3. The van der Waals surface area contributed by atoms with Crippen molar-refractivity contribution in [2.75, 3.05) is 6.54 Å². The number of nitrogens with zero attached hydrogens (tertiary/aromatic N) is 1. The van der Waals surface area contributed by atoms with Gasteiger partial charge in [-0.25, -0.2) is 4.98 Å². The van der Waals surface area contributed by atoms with Crippen LogP contribution in [-0.2, 0) is 0 Å². The minimum Gasteiger partial charge on any atom is -0.352 e. The molecule has 0 spiro atoms. The molecule has 0 atom stereocenters. The minimum absolute atomic E-state index is 0.0576. The van der Waals surface area contributed by atoms with E-state index in [9.17, 15) is 4.79 Å². The molecule has 0 unspecified atom stereocenters. The molecule has 0 aliphatic rings. The van der Waals surface area contributed by atoms with Gasteiger partial charge >= 0.3 is 0 Å². The molecular weight excluding hydrogens is 356 g/mol. The summed E-state index contributed by atoms with van der Waals surface area (Å²) in [6.45, 7) is 4.89. The van der Waals surface area contributed by atoms with Crippen molar-refractivity contribution in [2.45, 2.75) is 39.5 Å². The van der Waals surface area contributed by atoms with Gasteiger partial charge in [-0.15, -0.1) is 0 Å². The van der Waals surface area contributed by atoms with Crippen LogP contribution in [0.25, 0.3) is 22.2 Å². The molecule has 0 bridgehead atoms. The van der Waals surface area contributed by atoms with Crippen molar-refractivity contribution in [1.29, 1.82) is 0 Å². The van der Waals surface area contributed by atoms with Crippen molar-refractivity contribution >= 4 is 28.4 Å². The van der Waals surface area contributed by atoms with Gasteiger partial charge in [-0.3, -0.25) is 4.79 Å². The number of aryl methyl sites for hydroxylation is 1. The maximum absolute atomic E-state index is 12.9. The summed E-state index contributed by atoms with van der Waals surface area (Å²) in [6, 6.07) is 15.4. The fraction of sp³-hybridized carbons (Fsp3) is 0.304. The van der Waals surface area contributed by atoms with E-state index in [4.69, 9.17) is 16.6 Å². The monoisotopic (exact) mass is 380 g/mol. The van der Waals surface area contributed by atoms with Crippen molar-refractivity contribution in [3.63, 3.8) is 0 Å². The number of hydrogen-bond acceptors (Lipinski definition) is 2. The van der Waals surface area contributed by atoms with Gasteiger partial charge in [0.25, 0.3) is 5.91 Å². The van der Waals surface area contributed by atoms with Crippen LogP contribution < -0.4 is 5.32 Å². The van der Waals surface area contributed by atoms with Gasteiger partial charge in [-0.05, 0) is 37.6 Å². The highest BCUT2D eigenvalue weighted by Gasteiger charge is 2.15. The maximum atomic E-state index is 12.9. The van der Waals surface area contributed by atoms with E-state index in [1.807, 2.05) is 55.5 Å². The third-order valence-electron chi connectivity index (χ3n) is 4.67. The van der Waals surface area contributed by atoms with E-state index >= 15 is 0 Å². The first-order valence-electron chi connectivity index (χ1n) is 9.54. The van der Waals surface area contributed by atoms with Gasteiger partial charge < -0.3 is 5.32 Å². The molecule has 3 nitrogen and oxygen atoms in total. The molecule has 0 aliphatic heterocycles. The average Bonchev–Trinajstić information content (AvgIpc) is 2.67. The van der Waals surface area contributed by atoms with E-state index in [0.29, 0.717) is 22.8 Å². The van der Waals surface area contributed by atoms with Gasteiger partial charge in [0.1, 0.15) is 0 Å². The number of halogens is 1. The average molecular weight is 381 g/mol. The molecular formula is C23H25ClN2O. The molecule has 0 aliphatic carbocycles. The van der Waals surface area contributed by atoms with Crippen LogP contribution in [0.5, 0.6) is 0 Å². The Kier molecular flexibility index (Phi) is 6.46. The molecule has 2 aromatic carbocycles. The molecule has 1 aromatic heterocycles. The number of fused-ring (bicyclic) bond motifs is 1. The molecule has 1 heterocycles. The molecule has 0 saturated carbocycles. The van der Waals surface area contributed by atoms with E-state index in [1.165, 1.54) is 12.8 Å². The summed E-state index contributed by atoms with van der Waals surface area (Å²) in [5.74, 6) is -0.0576. The molecule has 0 saturated heterocycles. The van der Waals surface area contributed by atoms with Crippen LogP contribution in [0, 0.1) is 6.92 Å². The first-order chi connectivity index (χ1) is 13.1. The fourth-order valence-corrected chi connectivity index (χ4v) is 3.42. The summed E-state index contributed by atoms with van der Waals surface area (Å²) in [6.07, 6.45) is 4.52.